The first-order valence-electron chi connectivity index (χ1n) is 3.02. The summed E-state index contributed by atoms with van der Waals surface area (Å²) in [6.45, 7) is 5.49. The minimum Gasteiger partial charge on any atom is -0.482 e. The van der Waals surface area contributed by atoms with Gasteiger partial charge in [0.15, 0.2) is 6.61 Å². The summed E-state index contributed by atoms with van der Waals surface area (Å²) in [4.78, 5) is 10.7. The maximum Gasteiger partial charge on any atom is 0.262 e. The maximum atomic E-state index is 10.7. The van der Waals surface area contributed by atoms with Crippen molar-refractivity contribution in [3.8, 4) is 0 Å². The van der Waals surface area contributed by atoms with E-state index in [4.69, 9.17) is 4.74 Å². The number of ether oxygens (including phenoxy) is 1. The van der Waals surface area contributed by atoms with Crippen LogP contribution in [0.25, 0.3) is 0 Å². The van der Waals surface area contributed by atoms with Crippen molar-refractivity contribution in [2.75, 3.05) is 6.61 Å². The van der Waals surface area contributed by atoms with Crippen LogP contribution in [0.1, 0.15) is 6.92 Å². The molecule has 0 aromatic heterocycles. The molecule has 54 valence electrons. The second-order valence-electron chi connectivity index (χ2n) is 1.96. The molecule has 1 rings (SSSR count). The van der Waals surface area contributed by atoms with E-state index in [1.807, 2.05) is 6.92 Å². The molecular weight excluding hydrogens is 130 g/mol. The Morgan fingerprint density at radius 3 is 3.00 bits per heavy atom. The number of morpholine rings is 1. The highest BCUT2D eigenvalue weighted by atomic mass is 16.5. The zero-order chi connectivity index (χ0) is 7.56. The Balaban J connectivity index is 2.72. The molecule has 0 aromatic carbocycles. The minimum absolute atomic E-state index is 0.0795. The van der Waals surface area contributed by atoms with E-state index in [1.165, 1.54) is 0 Å². The zero-order valence-corrected chi connectivity index (χ0v) is 5.81. The van der Waals surface area contributed by atoms with Gasteiger partial charge in [-0.2, -0.15) is 0 Å². The first-order valence-corrected chi connectivity index (χ1v) is 3.02. The van der Waals surface area contributed by atoms with Gasteiger partial charge in [-0.25, -0.2) is 0 Å². The van der Waals surface area contributed by atoms with Crippen molar-refractivity contribution < 1.29 is 9.53 Å². The molecule has 10 heavy (non-hydrogen) atoms. The minimum atomic E-state index is -0.125. The van der Waals surface area contributed by atoms with Crippen LogP contribution in [0, 0.1) is 0 Å². The highest BCUT2D eigenvalue weighted by Crippen LogP contribution is 2.09. The molecule has 0 atom stereocenters. The number of hydrogen-bond donors (Lipinski definition) is 1. The lowest BCUT2D eigenvalue weighted by molar-refractivity contribution is -0.125. The van der Waals surface area contributed by atoms with Gasteiger partial charge in [0.05, 0.1) is 5.70 Å². The van der Waals surface area contributed by atoms with Crippen LogP contribution in [-0.2, 0) is 9.53 Å². The van der Waals surface area contributed by atoms with Gasteiger partial charge in [0.1, 0.15) is 5.76 Å². The molecule has 0 saturated carbocycles. The van der Waals surface area contributed by atoms with Gasteiger partial charge in [0.25, 0.3) is 5.91 Å². The predicted octanol–water partition coefficient (Wildman–Crippen LogP) is 0.550. The fraction of sp³-hybridized carbons (Fsp3) is 0.286. The van der Waals surface area contributed by atoms with Crippen LogP contribution >= 0.6 is 0 Å². The van der Waals surface area contributed by atoms with Crippen molar-refractivity contribution in [2.24, 2.45) is 0 Å². The van der Waals surface area contributed by atoms with E-state index in [9.17, 15) is 4.79 Å². The van der Waals surface area contributed by atoms with Crippen LogP contribution in [0.2, 0.25) is 0 Å². The molecule has 0 radical (unpaired) electrons. The fourth-order valence-electron chi connectivity index (χ4n) is 0.720. The van der Waals surface area contributed by atoms with E-state index in [-0.39, 0.29) is 12.5 Å². The van der Waals surface area contributed by atoms with Crippen LogP contribution < -0.4 is 5.32 Å². The van der Waals surface area contributed by atoms with Crippen molar-refractivity contribution >= 4 is 5.91 Å². The second-order valence-corrected chi connectivity index (χ2v) is 1.96. The first kappa shape index (κ1) is 6.86. The number of hydrogen-bond acceptors (Lipinski definition) is 2. The van der Waals surface area contributed by atoms with E-state index >= 15 is 0 Å². The molecule has 0 aliphatic carbocycles. The molecule has 0 unspecified atom stereocenters. The highest BCUT2D eigenvalue weighted by Gasteiger charge is 2.14. The Morgan fingerprint density at radius 1 is 1.80 bits per heavy atom. The molecule has 3 nitrogen and oxygen atoms in total. The average Bonchev–Trinajstić information content (AvgIpc) is 1.94. The van der Waals surface area contributed by atoms with Crippen molar-refractivity contribution in [2.45, 2.75) is 6.92 Å². The summed E-state index contributed by atoms with van der Waals surface area (Å²) in [5, 5.41) is 2.61. The molecule has 0 bridgehead atoms. The van der Waals surface area contributed by atoms with Crippen molar-refractivity contribution in [1.82, 2.24) is 5.32 Å². The molecule has 1 heterocycles. The normalized spacial score (nSPS) is 22.3. The molecule has 1 N–H and O–H groups in total. The summed E-state index contributed by atoms with van der Waals surface area (Å²) in [6.07, 6.45) is 1.75. The lowest BCUT2D eigenvalue weighted by Crippen LogP contribution is -2.33. The summed E-state index contributed by atoms with van der Waals surface area (Å²) in [5.74, 6) is 0.405. The first-order chi connectivity index (χ1) is 4.74. The zero-order valence-electron chi connectivity index (χ0n) is 5.81. The van der Waals surface area contributed by atoms with E-state index in [2.05, 4.69) is 11.9 Å². The van der Waals surface area contributed by atoms with Crippen LogP contribution in [0.3, 0.4) is 0 Å². The Hall–Kier alpha value is -1.25. The monoisotopic (exact) mass is 139 g/mol. The molecule has 1 aliphatic rings. The van der Waals surface area contributed by atoms with Gasteiger partial charge < -0.3 is 10.1 Å². The summed E-state index contributed by atoms with van der Waals surface area (Å²) >= 11 is 0. The van der Waals surface area contributed by atoms with E-state index in [1.54, 1.807) is 6.08 Å². The van der Waals surface area contributed by atoms with Gasteiger partial charge >= 0.3 is 0 Å². The molecule has 1 saturated heterocycles. The highest BCUT2D eigenvalue weighted by molar-refractivity contribution is 5.81. The topological polar surface area (TPSA) is 38.3 Å². The molecule has 3 heteroatoms. The van der Waals surface area contributed by atoms with E-state index in [0.29, 0.717) is 11.5 Å². The fourth-order valence-corrected chi connectivity index (χ4v) is 0.720. The molecule has 0 spiro atoms. The molecule has 1 amide bonds. The van der Waals surface area contributed by atoms with Crippen LogP contribution in [0.4, 0.5) is 0 Å². The van der Waals surface area contributed by atoms with E-state index < -0.39 is 0 Å². The van der Waals surface area contributed by atoms with Gasteiger partial charge in [-0.1, -0.05) is 12.7 Å². The van der Waals surface area contributed by atoms with Gasteiger partial charge in [-0.3, -0.25) is 4.79 Å². The second kappa shape index (κ2) is 2.56. The third-order valence-corrected chi connectivity index (χ3v) is 1.24. The van der Waals surface area contributed by atoms with Crippen LogP contribution in [0.15, 0.2) is 24.1 Å². The largest absolute Gasteiger partial charge is 0.482 e. The van der Waals surface area contributed by atoms with Gasteiger partial charge in [-0.15, -0.1) is 0 Å². The Morgan fingerprint density at radius 2 is 2.50 bits per heavy atom. The van der Waals surface area contributed by atoms with E-state index in [0.717, 1.165) is 0 Å². The average molecular weight is 139 g/mol. The summed E-state index contributed by atoms with van der Waals surface area (Å²) in [6, 6.07) is 0. The SMILES string of the molecule is C=C1OCC(=O)NC1=CC. The smallest absolute Gasteiger partial charge is 0.262 e. The Labute approximate surface area is 59.4 Å². The standard InChI is InChI=1S/C7H9NO2/c1-3-6-5(2)10-4-7(9)8-6/h3H,2,4H2,1H3,(H,8,9). The maximum absolute atomic E-state index is 10.7. The summed E-state index contributed by atoms with van der Waals surface area (Å²) < 4.78 is 4.92. The molecule has 1 fully saturated rings. The third kappa shape index (κ3) is 1.18. The third-order valence-electron chi connectivity index (χ3n) is 1.24. The lowest BCUT2D eigenvalue weighted by Gasteiger charge is -2.18. The summed E-state index contributed by atoms with van der Waals surface area (Å²) in [7, 11) is 0. The number of carbonyl (C=O) groups excluding carboxylic acids is 1. The molecule has 1 aliphatic heterocycles. The van der Waals surface area contributed by atoms with Crippen molar-refractivity contribution in [1.29, 1.82) is 0 Å². The summed E-state index contributed by atoms with van der Waals surface area (Å²) in [5.41, 5.74) is 0.663. The quantitative estimate of drug-likeness (QED) is 0.532. The number of nitrogens with one attached hydrogen (secondary N) is 1. The molecular formula is C7H9NO2. The Kier molecular flexibility index (Phi) is 1.76. The van der Waals surface area contributed by atoms with Crippen molar-refractivity contribution in [3.05, 3.63) is 24.1 Å². The lowest BCUT2D eigenvalue weighted by atomic mass is 10.3. The van der Waals surface area contributed by atoms with Gasteiger partial charge in [0, 0.05) is 0 Å². The van der Waals surface area contributed by atoms with Crippen LogP contribution in [0.5, 0.6) is 0 Å². The number of carbonyl (C=O) groups is 1. The molecule has 0 aromatic rings. The van der Waals surface area contributed by atoms with Crippen LogP contribution in [-0.4, -0.2) is 12.5 Å². The predicted molar refractivity (Wildman–Crippen MR) is 37.0 cm³/mol. The number of amides is 1. The number of allylic oxidation sites excluding steroid dienone is 1. The van der Waals surface area contributed by atoms with Gasteiger partial charge in [-0.05, 0) is 6.92 Å². The van der Waals surface area contributed by atoms with Gasteiger partial charge in [0.2, 0.25) is 0 Å². The van der Waals surface area contributed by atoms with Crippen molar-refractivity contribution in [3.63, 3.8) is 0 Å². The Bertz CT molecular complexity index is 206. The number of rotatable bonds is 0.